The van der Waals surface area contributed by atoms with Crippen molar-refractivity contribution >= 4 is 27.3 Å². The van der Waals surface area contributed by atoms with Gasteiger partial charge >= 0.3 is 10.8 Å². The quantitative estimate of drug-likeness (QED) is 0.723. The number of hydrogen-bond donors (Lipinski definition) is 3. The van der Waals surface area contributed by atoms with E-state index >= 15 is 0 Å². The average molecular weight is 328 g/mol. The van der Waals surface area contributed by atoms with Crippen molar-refractivity contribution in [1.29, 1.82) is 0 Å². The van der Waals surface area contributed by atoms with Crippen LogP contribution in [0.5, 0.6) is 0 Å². The Balaban J connectivity index is 2.05. The average Bonchev–Trinajstić information content (AvgIpc) is 2.82. The van der Waals surface area contributed by atoms with Gasteiger partial charge in [-0.25, -0.2) is 17.9 Å². The van der Waals surface area contributed by atoms with Crippen LogP contribution in [0.4, 0.5) is 0 Å². The van der Waals surface area contributed by atoms with E-state index in [2.05, 4.69) is 9.71 Å². The van der Waals surface area contributed by atoms with Crippen molar-refractivity contribution in [1.82, 2.24) is 9.71 Å². The predicted octanol–water partition coefficient (Wildman–Crippen LogP) is 0.754. The van der Waals surface area contributed by atoms with Crippen molar-refractivity contribution in [3.63, 3.8) is 0 Å². The zero-order valence-electron chi connectivity index (χ0n) is 10.7. The van der Waals surface area contributed by atoms with Gasteiger partial charge in [0.05, 0.1) is 17.9 Å². The number of carboxylic acids is 1. The molecular formula is C12H12N2O5S2. The molecule has 0 aliphatic rings. The van der Waals surface area contributed by atoms with Crippen LogP contribution in [0.3, 0.4) is 0 Å². The Kier molecular flexibility index (Phi) is 4.56. The predicted molar refractivity (Wildman–Crippen MR) is 77.8 cm³/mol. The summed E-state index contributed by atoms with van der Waals surface area (Å²) in [5, 5.41) is 10.4. The van der Waals surface area contributed by atoms with E-state index in [0.717, 1.165) is 11.3 Å². The fourth-order valence-corrected chi connectivity index (χ4v) is 3.33. The number of rotatable bonds is 6. The van der Waals surface area contributed by atoms with Gasteiger partial charge in [0.15, 0.2) is 0 Å². The first kappa shape index (κ1) is 15.4. The molecule has 2 rings (SSSR count). The first-order valence-electron chi connectivity index (χ1n) is 5.82. The van der Waals surface area contributed by atoms with Gasteiger partial charge in [-0.2, -0.15) is 0 Å². The molecule has 0 bridgehead atoms. The van der Waals surface area contributed by atoms with Gasteiger partial charge in [0.1, 0.15) is 0 Å². The fraction of sp³-hybridized carbons (Fsp3) is 0.167. The minimum Gasteiger partial charge on any atom is -0.478 e. The van der Waals surface area contributed by atoms with E-state index in [1.165, 1.54) is 29.6 Å². The lowest BCUT2D eigenvalue weighted by Gasteiger charge is -2.06. The SMILES string of the molecule is O=C(O)c1cccc(CS(=O)(=O)NCc2csc(=O)[nH]2)c1. The lowest BCUT2D eigenvalue weighted by molar-refractivity contribution is 0.0696. The van der Waals surface area contributed by atoms with Gasteiger partial charge in [-0.05, 0) is 17.7 Å². The highest BCUT2D eigenvalue weighted by Gasteiger charge is 2.13. The van der Waals surface area contributed by atoms with E-state index in [0.29, 0.717) is 11.3 Å². The van der Waals surface area contributed by atoms with Gasteiger partial charge in [-0.1, -0.05) is 23.5 Å². The summed E-state index contributed by atoms with van der Waals surface area (Å²) < 4.78 is 26.2. The Morgan fingerprint density at radius 1 is 1.38 bits per heavy atom. The summed E-state index contributed by atoms with van der Waals surface area (Å²) in [4.78, 5) is 24.0. The molecule has 21 heavy (non-hydrogen) atoms. The summed E-state index contributed by atoms with van der Waals surface area (Å²) in [5.41, 5.74) is 0.888. The van der Waals surface area contributed by atoms with E-state index in [1.54, 1.807) is 0 Å². The molecule has 0 saturated heterocycles. The van der Waals surface area contributed by atoms with E-state index in [1.807, 2.05) is 0 Å². The summed E-state index contributed by atoms with van der Waals surface area (Å²) in [6.45, 7) is -0.0142. The molecule has 3 N–H and O–H groups in total. The molecule has 0 unspecified atom stereocenters. The number of carboxylic acid groups (broad SMARTS) is 1. The van der Waals surface area contributed by atoms with E-state index in [9.17, 15) is 18.0 Å². The number of benzene rings is 1. The number of aromatic nitrogens is 1. The minimum atomic E-state index is -3.63. The monoisotopic (exact) mass is 328 g/mol. The smallest absolute Gasteiger partial charge is 0.335 e. The third kappa shape index (κ3) is 4.52. The van der Waals surface area contributed by atoms with Crippen LogP contribution in [0, 0.1) is 0 Å². The number of sulfonamides is 1. The molecule has 9 heteroatoms. The molecule has 0 aliphatic carbocycles. The zero-order chi connectivity index (χ0) is 15.5. The lowest BCUT2D eigenvalue weighted by Crippen LogP contribution is -2.25. The first-order valence-corrected chi connectivity index (χ1v) is 8.35. The Labute approximate surface area is 124 Å². The Morgan fingerprint density at radius 3 is 2.76 bits per heavy atom. The second kappa shape index (κ2) is 6.20. The third-order valence-corrected chi connectivity index (χ3v) is 4.60. The van der Waals surface area contributed by atoms with Crippen LogP contribution in [0.25, 0.3) is 0 Å². The number of carbonyl (C=O) groups is 1. The standard InChI is InChI=1S/C12H12N2O5S2/c15-11(16)9-3-1-2-8(4-9)7-21(18,19)13-5-10-6-20-12(17)14-10/h1-4,6,13H,5,7H2,(H,14,17)(H,15,16). The van der Waals surface area contributed by atoms with Gasteiger partial charge in [0, 0.05) is 11.1 Å². The van der Waals surface area contributed by atoms with Crippen molar-refractivity contribution in [2.24, 2.45) is 0 Å². The Morgan fingerprint density at radius 2 is 2.14 bits per heavy atom. The largest absolute Gasteiger partial charge is 0.478 e. The highest BCUT2D eigenvalue weighted by Crippen LogP contribution is 2.09. The number of H-pyrrole nitrogens is 1. The summed E-state index contributed by atoms with van der Waals surface area (Å²) >= 11 is 0.953. The summed E-state index contributed by atoms with van der Waals surface area (Å²) in [6.07, 6.45) is 0. The molecule has 112 valence electrons. The van der Waals surface area contributed by atoms with Crippen molar-refractivity contribution in [3.8, 4) is 0 Å². The molecule has 1 aromatic carbocycles. The van der Waals surface area contributed by atoms with Gasteiger partial charge in [0.2, 0.25) is 10.0 Å². The third-order valence-electron chi connectivity index (χ3n) is 2.58. The molecule has 1 heterocycles. The molecular weight excluding hydrogens is 316 g/mol. The van der Waals surface area contributed by atoms with Gasteiger partial charge in [0.25, 0.3) is 0 Å². The van der Waals surface area contributed by atoms with E-state index < -0.39 is 16.0 Å². The molecule has 0 radical (unpaired) electrons. The topological polar surface area (TPSA) is 116 Å². The van der Waals surface area contributed by atoms with Crippen LogP contribution < -0.4 is 9.60 Å². The molecule has 0 atom stereocenters. The molecule has 0 saturated carbocycles. The summed E-state index contributed by atoms with van der Waals surface area (Å²) in [6, 6.07) is 5.73. The van der Waals surface area contributed by atoms with E-state index in [-0.39, 0.29) is 22.7 Å². The Bertz CT molecular complexity index is 807. The zero-order valence-corrected chi connectivity index (χ0v) is 12.3. The second-order valence-electron chi connectivity index (χ2n) is 4.26. The van der Waals surface area contributed by atoms with Crippen molar-refractivity contribution in [3.05, 3.63) is 56.1 Å². The van der Waals surface area contributed by atoms with Crippen molar-refractivity contribution in [2.45, 2.75) is 12.3 Å². The maximum Gasteiger partial charge on any atom is 0.335 e. The maximum absolute atomic E-state index is 11.9. The van der Waals surface area contributed by atoms with Crippen LogP contribution in [-0.2, 0) is 22.3 Å². The van der Waals surface area contributed by atoms with Gasteiger partial charge in [-0.15, -0.1) is 0 Å². The van der Waals surface area contributed by atoms with E-state index in [4.69, 9.17) is 5.11 Å². The van der Waals surface area contributed by atoms with Crippen LogP contribution in [-0.4, -0.2) is 24.5 Å². The molecule has 2 aromatic rings. The lowest BCUT2D eigenvalue weighted by atomic mass is 10.1. The molecule has 0 aliphatic heterocycles. The van der Waals surface area contributed by atoms with Gasteiger partial charge < -0.3 is 10.1 Å². The van der Waals surface area contributed by atoms with Crippen LogP contribution in [0.15, 0.2) is 34.4 Å². The first-order chi connectivity index (χ1) is 9.85. The van der Waals surface area contributed by atoms with Crippen LogP contribution in [0.1, 0.15) is 21.6 Å². The molecule has 7 nitrogen and oxygen atoms in total. The molecule has 0 spiro atoms. The highest BCUT2D eigenvalue weighted by atomic mass is 32.2. The van der Waals surface area contributed by atoms with Crippen molar-refractivity contribution in [2.75, 3.05) is 0 Å². The summed E-state index contributed by atoms with van der Waals surface area (Å²) in [5.74, 6) is -1.44. The number of hydrogen-bond acceptors (Lipinski definition) is 5. The number of thiazole rings is 1. The number of aromatic carboxylic acids is 1. The summed E-state index contributed by atoms with van der Waals surface area (Å²) in [7, 11) is -3.63. The number of nitrogens with one attached hydrogen (secondary N) is 2. The van der Waals surface area contributed by atoms with Crippen molar-refractivity contribution < 1.29 is 18.3 Å². The number of aromatic amines is 1. The second-order valence-corrected chi connectivity index (χ2v) is 6.91. The van der Waals surface area contributed by atoms with Crippen LogP contribution in [0.2, 0.25) is 0 Å². The Hall–Kier alpha value is -1.97. The van der Waals surface area contributed by atoms with Gasteiger partial charge in [-0.3, -0.25) is 4.79 Å². The maximum atomic E-state index is 11.9. The molecule has 0 fully saturated rings. The molecule has 1 aromatic heterocycles. The fourth-order valence-electron chi connectivity index (χ4n) is 1.65. The van der Waals surface area contributed by atoms with Crippen LogP contribution >= 0.6 is 11.3 Å². The minimum absolute atomic E-state index is 0.0142. The normalized spacial score (nSPS) is 11.4. The highest BCUT2D eigenvalue weighted by molar-refractivity contribution is 7.88. The molecule has 0 amide bonds.